The van der Waals surface area contributed by atoms with E-state index in [2.05, 4.69) is 5.32 Å². The molecule has 0 saturated carbocycles. The molecule has 0 aliphatic carbocycles. The average molecular weight is 323 g/mol. The van der Waals surface area contributed by atoms with Crippen molar-refractivity contribution >= 4 is 11.6 Å². The maximum Gasteiger partial charge on any atom is 0.291 e. The maximum absolute atomic E-state index is 11.9. The van der Waals surface area contributed by atoms with E-state index in [1.54, 1.807) is 36.4 Å². The van der Waals surface area contributed by atoms with Crippen LogP contribution in [-0.2, 0) is 0 Å². The second-order valence-electron chi connectivity index (χ2n) is 4.96. The SMILES string of the molecule is CCOc1ccc(Oc2ccc(NC(=O)c3ccco3)cc2)cc1. The molecule has 0 unspecified atom stereocenters. The van der Waals surface area contributed by atoms with Crippen molar-refractivity contribution < 1.29 is 18.7 Å². The Morgan fingerprint density at radius 2 is 1.58 bits per heavy atom. The Hall–Kier alpha value is -3.21. The van der Waals surface area contributed by atoms with Gasteiger partial charge in [0.2, 0.25) is 0 Å². The van der Waals surface area contributed by atoms with Crippen LogP contribution in [0.25, 0.3) is 0 Å². The molecule has 1 amide bonds. The molecule has 122 valence electrons. The van der Waals surface area contributed by atoms with E-state index < -0.39 is 0 Å². The van der Waals surface area contributed by atoms with Crippen LogP contribution in [-0.4, -0.2) is 12.5 Å². The lowest BCUT2D eigenvalue weighted by molar-refractivity contribution is 0.0996. The number of ether oxygens (including phenoxy) is 2. The van der Waals surface area contributed by atoms with E-state index in [-0.39, 0.29) is 11.7 Å². The minimum absolute atomic E-state index is 0.268. The summed E-state index contributed by atoms with van der Waals surface area (Å²) in [6.07, 6.45) is 1.46. The van der Waals surface area contributed by atoms with Crippen molar-refractivity contribution in [2.45, 2.75) is 6.92 Å². The number of furan rings is 1. The summed E-state index contributed by atoms with van der Waals surface area (Å²) >= 11 is 0. The number of amides is 1. The zero-order chi connectivity index (χ0) is 16.8. The molecule has 0 aliphatic rings. The number of benzene rings is 2. The van der Waals surface area contributed by atoms with Gasteiger partial charge in [0.1, 0.15) is 17.2 Å². The first-order valence-corrected chi connectivity index (χ1v) is 7.60. The van der Waals surface area contributed by atoms with Crippen LogP contribution in [0.2, 0.25) is 0 Å². The molecule has 1 aromatic heterocycles. The Kier molecular flexibility index (Phi) is 4.81. The normalized spacial score (nSPS) is 10.2. The molecule has 0 aliphatic heterocycles. The van der Waals surface area contributed by atoms with Crippen molar-refractivity contribution in [3.8, 4) is 17.2 Å². The van der Waals surface area contributed by atoms with E-state index in [1.165, 1.54) is 6.26 Å². The van der Waals surface area contributed by atoms with Gasteiger partial charge in [0.15, 0.2) is 5.76 Å². The van der Waals surface area contributed by atoms with Crippen LogP contribution < -0.4 is 14.8 Å². The third-order valence-electron chi connectivity index (χ3n) is 3.23. The van der Waals surface area contributed by atoms with Gasteiger partial charge in [-0.05, 0) is 67.6 Å². The average Bonchev–Trinajstić information content (AvgIpc) is 3.13. The Morgan fingerprint density at radius 3 is 2.17 bits per heavy atom. The third kappa shape index (κ3) is 3.95. The molecule has 1 N–H and O–H groups in total. The quantitative estimate of drug-likeness (QED) is 0.713. The first kappa shape index (κ1) is 15.7. The Bertz CT molecular complexity index is 777. The predicted octanol–water partition coefficient (Wildman–Crippen LogP) is 4.72. The highest BCUT2D eigenvalue weighted by atomic mass is 16.5. The van der Waals surface area contributed by atoms with Gasteiger partial charge in [-0.2, -0.15) is 0 Å². The molecule has 0 radical (unpaired) electrons. The summed E-state index contributed by atoms with van der Waals surface area (Å²) in [5.41, 5.74) is 0.662. The van der Waals surface area contributed by atoms with Gasteiger partial charge in [-0.3, -0.25) is 4.79 Å². The van der Waals surface area contributed by atoms with E-state index >= 15 is 0 Å². The van der Waals surface area contributed by atoms with Crippen LogP contribution in [0.4, 0.5) is 5.69 Å². The first-order valence-electron chi connectivity index (χ1n) is 7.60. The van der Waals surface area contributed by atoms with Crippen molar-refractivity contribution in [1.29, 1.82) is 0 Å². The van der Waals surface area contributed by atoms with Crippen molar-refractivity contribution in [3.63, 3.8) is 0 Å². The maximum atomic E-state index is 11.9. The fourth-order valence-electron chi connectivity index (χ4n) is 2.11. The molecule has 0 atom stereocenters. The van der Waals surface area contributed by atoms with Gasteiger partial charge in [0.05, 0.1) is 12.9 Å². The van der Waals surface area contributed by atoms with Crippen LogP contribution in [0.3, 0.4) is 0 Å². The number of anilines is 1. The van der Waals surface area contributed by atoms with E-state index in [4.69, 9.17) is 13.9 Å². The fourth-order valence-corrected chi connectivity index (χ4v) is 2.11. The topological polar surface area (TPSA) is 60.7 Å². The van der Waals surface area contributed by atoms with Gasteiger partial charge >= 0.3 is 0 Å². The standard InChI is InChI=1S/C19H17NO4/c1-2-22-15-9-11-17(12-10-15)24-16-7-5-14(6-8-16)20-19(21)18-4-3-13-23-18/h3-13H,2H2,1H3,(H,20,21). The van der Waals surface area contributed by atoms with Gasteiger partial charge in [-0.1, -0.05) is 0 Å². The Balaban J connectivity index is 1.61. The Morgan fingerprint density at radius 1 is 0.958 bits per heavy atom. The summed E-state index contributed by atoms with van der Waals surface area (Å²) in [6, 6.07) is 17.8. The number of hydrogen-bond donors (Lipinski definition) is 1. The van der Waals surface area contributed by atoms with Crippen LogP contribution in [0.5, 0.6) is 17.2 Å². The molecule has 1 heterocycles. The lowest BCUT2D eigenvalue weighted by Gasteiger charge is -2.08. The zero-order valence-corrected chi connectivity index (χ0v) is 13.2. The number of rotatable bonds is 6. The zero-order valence-electron chi connectivity index (χ0n) is 13.2. The van der Waals surface area contributed by atoms with Crippen LogP contribution >= 0.6 is 0 Å². The first-order chi connectivity index (χ1) is 11.7. The molecular formula is C19H17NO4. The number of carbonyl (C=O) groups is 1. The highest BCUT2D eigenvalue weighted by Crippen LogP contribution is 2.25. The smallest absolute Gasteiger partial charge is 0.291 e. The summed E-state index contributed by atoms with van der Waals surface area (Å²) in [5.74, 6) is 2.17. The molecule has 3 rings (SSSR count). The number of nitrogens with one attached hydrogen (secondary N) is 1. The molecule has 0 bridgehead atoms. The largest absolute Gasteiger partial charge is 0.494 e. The minimum Gasteiger partial charge on any atom is -0.494 e. The molecule has 0 fully saturated rings. The minimum atomic E-state index is -0.291. The van der Waals surface area contributed by atoms with Gasteiger partial charge in [-0.25, -0.2) is 0 Å². The van der Waals surface area contributed by atoms with Crippen LogP contribution in [0, 0.1) is 0 Å². The number of carbonyl (C=O) groups excluding carboxylic acids is 1. The summed E-state index contributed by atoms with van der Waals surface area (Å²) in [5, 5.41) is 2.75. The summed E-state index contributed by atoms with van der Waals surface area (Å²) in [4.78, 5) is 11.9. The highest BCUT2D eigenvalue weighted by Gasteiger charge is 2.08. The van der Waals surface area contributed by atoms with Crippen molar-refractivity contribution in [1.82, 2.24) is 0 Å². The van der Waals surface area contributed by atoms with Crippen molar-refractivity contribution in [3.05, 3.63) is 72.7 Å². The van der Waals surface area contributed by atoms with Gasteiger partial charge in [0.25, 0.3) is 5.91 Å². The van der Waals surface area contributed by atoms with Gasteiger partial charge in [0, 0.05) is 5.69 Å². The molecule has 24 heavy (non-hydrogen) atoms. The molecule has 0 saturated heterocycles. The monoisotopic (exact) mass is 323 g/mol. The van der Waals surface area contributed by atoms with E-state index in [9.17, 15) is 4.79 Å². The molecule has 5 nitrogen and oxygen atoms in total. The summed E-state index contributed by atoms with van der Waals surface area (Å²) < 4.78 is 16.2. The number of hydrogen-bond acceptors (Lipinski definition) is 4. The second-order valence-corrected chi connectivity index (χ2v) is 4.96. The van der Waals surface area contributed by atoms with Crippen LogP contribution in [0.15, 0.2) is 71.3 Å². The summed E-state index contributed by atoms with van der Waals surface area (Å²) in [6.45, 7) is 2.57. The molecule has 3 aromatic rings. The predicted molar refractivity (Wildman–Crippen MR) is 90.8 cm³/mol. The van der Waals surface area contributed by atoms with Crippen molar-refractivity contribution in [2.75, 3.05) is 11.9 Å². The van der Waals surface area contributed by atoms with Crippen LogP contribution in [0.1, 0.15) is 17.5 Å². The lowest BCUT2D eigenvalue weighted by atomic mass is 10.3. The van der Waals surface area contributed by atoms with Gasteiger partial charge in [-0.15, -0.1) is 0 Å². The lowest BCUT2D eigenvalue weighted by Crippen LogP contribution is -2.10. The molecule has 5 heteroatoms. The fraction of sp³-hybridized carbons (Fsp3) is 0.105. The van der Waals surface area contributed by atoms with E-state index in [0.717, 1.165) is 5.75 Å². The Labute approximate surface area is 139 Å². The van der Waals surface area contributed by atoms with Crippen molar-refractivity contribution in [2.24, 2.45) is 0 Å². The molecular weight excluding hydrogens is 306 g/mol. The third-order valence-corrected chi connectivity index (χ3v) is 3.23. The molecule has 0 spiro atoms. The molecule has 2 aromatic carbocycles. The summed E-state index contributed by atoms with van der Waals surface area (Å²) in [7, 11) is 0. The van der Waals surface area contributed by atoms with E-state index in [0.29, 0.717) is 23.8 Å². The highest BCUT2D eigenvalue weighted by molar-refractivity contribution is 6.02. The van der Waals surface area contributed by atoms with Gasteiger partial charge < -0.3 is 19.2 Å². The van der Waals surface area contributed by atoms with E-state index in [1.807, 2.05) is 31.2 Å². The second kappa shape index (κ2) is 7.37.